The zero-order valence-corrected chi connectivity index (χ0v) is 14.6. The Morgan fingerprint density at radius 3 is 2.85 bits per heavy atom. The molecule has 1 unspecified atom stereocenters. The Labute approximate surface area is 151 Å². The predicted molar refractivity (Wildman–Crippen MR) is 96.6 cm³/mol. The van der Waals surface area contributed by atoms with Gasteiger partial charge in [0.25, 0.3) is 0 Å². The van der Waals surface area contributed by atoms with Gasteiger partial charge in [0.1, 0.15) is 11.6 Å². The summed E-state index contributed by atoms with van der Waals surface area (Å²) in [6, 6.07) is 13.7. The van der Waals surface area contributed by atoms with Crippen LogP contribution in [0.25, 0.3) is 0 Å². The van der Waals surface area contributed by atoms with Crippen LogP contribution in [0.5, 0.6) is 5.75 Å². The molecule has 0 spiro atoms. The van der Waals surface area contributed by atoms with Crippen molar-refractivity contribution < 1.29 is 18.7 Å². The SMILES string of the molecule is COc1cccc(N2CC(C(=O)NCCc3ccccc3F)CC2=O)c1. The number of hydrogen-bond acceptors (Lipinski definition) is 3. The van der Waals surface area contributed by atoms with E-state index in [9.17, 15) is 14.0 Å². The summed E-state index contributed by atoms with van der Waals surface area (Å²) in [5, 5.41) is 2.81. The Balaban J connectivity index is 1.56. The molecule has 1 aliphatic rings. The Morgan fingerprint density at radius 2 is 2.08 bits per heavy atom. The van der Waals surface area contributed by atoms with E-state index in [1.165, 1.54) is 6.07 Å². The number of methoxy groups -OCH3 is 1. The molecule has 3 rings (SSSR count). The van der Waals surface area contributed by atoms with Crippen molar-refractivity contribution in [3.63, 3.8) is 0 Å². The number of rotatable bonds is 6. The van der Waals surface area contributed by atoms with Crippen molar-refractivity contribution in [2.45, 2.75) is 12.8 Å². The first-order chi connectivity index (χ1) is 12.6. The normalized spacial score (nSPS) is 16.6. The maximum atomic E-state index is 13.6. The van der Waals surface area contributed by atoms with Crippen molar-refractivity contribution in [1.82, 2.24) is 5.32 Å². The topological polar surface area (TPSA) is 58.6 Å². The molecule has 2 aromatic carbocycles. The van der Waals surface area contributed by atoms with E-state index in [-0.39, 0.29) is 24.1 Å². The van der Waals surface area contributed by atoms with Crippen LogP contribution >= 0.6 is 0 Å². The molecule has 6 heteroatoms. The van der Waals surface area contributed by atoms with E-state index >= 15 is 0 Å². The molecule has 26 heavy (non-hydrogen) atoms. The minimum atomic E-state index is -0.408. The molecule has 0 aliphatic carbocycles. The van der Waals surface area contributed by atoms with Gasteiger partial charge in [0.2, 0.25) is 11.8 Å². The van der Waals surface area contributed by atoms with Gasteiger partial charge in [-0.05, 0) is 30.2 Å². The second-order valence-electron chi connectivity index (χ2n) is 6.24. The Kier molecular flexibility index (Phi) is 5.51. The number of benzene rings is 2. The number of hydrogen-bond donors (Lipinski definition) is 1. The summed E-state index contributed by atoms with van der Waals surface area (Å²) >= 11 is 0. The number of carbonyl (C=O) groups is 2. The van der Waals surface area contributed by atoms with Gasteiger partial charge in [-0.1, -0.05) is 24.3 Å². The summed E-state index contributed by atoms with van der Waals surface area (Å²) < 4.78 is 18.8. The number of anilines is 1. The first-order valence-corrected chi connectivity index (χ1v) is 8.54. The molecule has 1 heterocycles. The molecule has 0 bridgehead atoms. The van der Waals surface area contributed by atoms with Gasteiger partial charge in [-0.25, -0.2) is 4.39 Å². The van der Waals surface area contributed by atoms with Crippen LogP contribution in [0.1, 0.15) is 12.0 Å². The molecule has 1 fully saturated rings. The fourth-order valence-corrected chi connectivity index (χ4v) is 3.08. The van der Waals surface area contributed by atoms with E-state index in [1.54, 1.807) is 42.3 Å². The molecular weight excluding hydrogens is 335 g/mol. The van der Waals surface area contributed by atoms with Gasteiger partial charge < -0.3 is 15.0 Å². The van der Waals surface area contributed by atoms with Crippen molar-refractivity contribution in [3.8, 4) is 5.75 Å². The lowest BCUT2D eigenvalue weighted by Gasteiger charge is -2.17. The van der Waals surface area contributed by atoms with E-state index in [2.05, 4.69) is 5.32 Å². The average molecular weight is 356 g/mol. The summed E-state index contributed by atoms with van der Waals surface area (Å²) in [7, 11) is 1.57. The fraction of sp³-hybridized carbons (Fsp3) is 0.300. The lowest BCUT2D eigenvalue weighted by atomic mass is 10.1. The van der Waals surface area contributed by atoms with Crippen molar-refractivity contribution in [1.29, 1.82) is 0 Å². The molecule has 1 aliphatic heterocycles. The first kappa shape index (κ1) is 17.9. The van der Waals surface area contributed by atoms with E-state index < -0.39 is 5.92 Å². The Hall–Kier alpha value is -2.89. The second-order valence-corrected chi connectivity index (χ2v) is 6.24. The molecule has 136 valence electrons. The van der Waals surface area contributed by atoms with E-state index in [0.29, 0.717) is 30.8 Å². The van der Waals surface area contributed by atoms with Crippen molar-refractivity contribution in [2.75, 3.05) is 25.1 Å². The number of carbonyl (C=O) groups excluding carboxylic acids is 2. The van der Waals surface area contributed by atoms with Crippen molar-refractivity contribution in [3.05, 3.63) is 59.9 Å². The smallest absolute Gasteiger partial charge is 0.227 e. The third kappa shape index (κ3) is 4.02. The average Bonchev–Trinajstić information content (AvgIpc) is 3.05. The Morgan fingerprint density at radius 1 is 1.27 bits per heavy atom. The third-order valence-corrected chi connectivity index (χ3v) is 4.51. The van der Waals surface area contributed by atoms with E-state index in [1.807, 2.05) is 12.1 Å². The highest BCUT2D eigenvalue weighted by Crippen LogP contribution is 2.27. The predicted octanol–water partition coefficient (Wildman–Crippen LogP) is 2.55. The molecule has 5 nitrogen and oxygen atoms in total. The molecule has 1 atom stereocenters. The molecule has 1 N–H and O–H groups in total. The van der Waals surface area contributed by atoms with Crippen LogP contribution in [-0.2, 0) is 16.0 Å². The molecule has 0 saturated carbocycles. The monoisotopic (exact) mass is 356 g/mol. The number of amides is 2. The van der Waals surface area contributed by atoms with Crippen LogP contribution in [-0.4, -0.2) is 32.0 Å². The van der Waals surface area contributed by atoms with Gasteiger partial charge >= 0.3 is 0 Å². The van der Waals surface area contributed by atoms with Crippen LogP contribution in [0, 0.1) is 11.7 Å². The minimum Gasteiger partial charge on any atom is -0.497 e. The van der Waals surface area contributed by atoms with E-state index in [4.69, 9.17) is 4.74 Å². The summed E-state index contributed by atoms with van der Waals surface area (Å²) in [5.74, 6) is -0.294. The minimum absolute atomic E-state index is 0.0903. The summed E-state index contributed by atoms with van der Waals surface area (Å²) in [5.41, 5.74) is 1.28. The van der Waals surface area contributed by atoms with Gasteiger partial charge in [0, 0.05) is 31.3 Å². The molecule has 0 aromatic heterocycles. The largest absolute Gasteiger partial charge is 0.497 e. The zero-order chi connectivity index (χ0) is 18.5. The lowest BCUT2D eigenvalue weighted by Crippen LogP contribution is -2.34. The van der Waals surface area contributed by atoms with E-state index in [0.717, 1.165) is 5.69 Å². The van der Waals surface area contributed by atoms with Crippen LogP contribution < -0.4 is 15.0 Å². The highest BCUT2D eigenvalue weighted by atomic mass is 19.1. The fourth-order valence-electron chi connectivity index (χ4n) is 3.08. The molecular formula is C20H21FN2O3. The summed E-state index contributed by atoms with van der Waals surface area (Å²) in [6.45, 7) is 0.668. The van der Waals surface area contributed by atoms with Crippen LogP contribution in [0.3, 0.4) is 0 Å². The maximum Gasteiger partial charge on any atom is 0.227 e. The quantitative estimate of drug-likeness (QED) is 0.865. The molecule has 2 aromatic rings. The Bertz CT molecular complexity index is 809. The summed E-state index contributed by atoms with van der Waals surface area (Å²) in [6.07, 6.45) is 0.585. The van der Waals surface area contributed by atoms with Gasteiger partial charge in [-0.15, -0.1) is 0 Å². The molecule has 1 saturated heterocycles. The lowest BCUT2D eigenvalue weighted by molar-refractivity contribution is -0.126. The van der Waals surface area contributed by atoms with Gasteiger partial charge in [-0.2, -0.15) is 0 Å². The van der Waals surface area contributed by atoms with Crippen molar-refractivity contribution >= 4 is 17.5 Å². The number of nitrogens with one attached hydrogen (secondary N) is 1. The number of halogens is 1. The molecule has 0 radical (unpaired) electrons. The standard InChI is InChI=1S/C20H21FN2O3/c1-26-17-7-4-6-16(12-17)23-13-15(11-19(23)24)20(25)22-10-9-14-5-2-3-8-18(14)21/h2-8,12,15H,9-11,13H2,1H3,(H,22,25). The van der Waals surface area contributed by atoms with Gasteiger partial charge in [0.05, 0.1) is 13.0 Å². The van der Waals surface area contributed by atoms with Gasteiger partial charge in [0.15, 0.2) is 0 Å². The third-order valence-electron chi connectivity index (χ3n) is 4.51. The van der Waals surface area contributed by atoms with Crippen LogP contribution in [0.4, 0.5) is 10.1 Å². The van der Waals surface area contributed by atoms with Crippen LogP contribution in [0.15, 0.2) is 48.5 Å². The zero-order valence-electron chi connectivity index (χ0n) is 14.6. The number of nitrogens with zero attached hydrogens (tertiary/aromatic N) is 1. The molecule has 2 amide bonds. The highest BCUT2D eigenvalue weighted by Gasteiger charge is 2.35. The first-order valence-electron chi connectivity index (χ1n) is 8.54. The van der Waals surface area contributed by atoms with Crippen LogP contribution in [0.2, 0.25) is 0 Å². The summed E-state index contributed by atoms with van der Waals surface area (Å²) in [4.78, 5) is 26.2. The van der Waals surface area contributed by atoms with Crippen molar-refractivity contribution in [2.24, 2.45) is 5.92 Å². The number of ether oxygens (including phenoxy) is 1. The highest BCUT2D eigenvalue weighted by molar-refractivity contribution is 6.00. The van der Waals surface area contributed by atoms with Gasteiger partial charge in [-0.3, -0.25) is 9.59 Å². The maximum absolute atomic E-state index is 13.6. The second kappa shape index (κ2) is 7.99.